The Kier molecular flexibility index (Phi) is 6.91. The summed E-state index contributed by atoms with van der Waals surface area (Å²) >= 11 is 0. The van der Waals surface area contributed by atoms with Gasteiger partial charge in [0.05, 0.1) is 12.7 Å². The van der Waals surface area contributed by atoms with Crippen LogP contribution >= 0.6 is 0 Å². The molecule has 2 atom stereocenters. The average molecular weight is 342 g/mol. The highest BCUT2D eigenvalue weighted by atomic mass is 32.2. The van der Waals surface area contributed by atoms with E-state index in [1.54, 1.807) is 6.20 Å². The molecule has 0 saturated carbocycles. The van der Waals surface area contributed by atoms with E-state index in [0.29, 0.717) is 19.7 Å². The zero-order valence-electron chi connectivity index (χ0n) is 13.7. The van der Waals surface area contributed by atoms with E-state index in [9.17, 15) is 8.42 Å². The van der Waals surface area contributed by atoms with Crippen molar-refractivity contribution in [3.8, 4) is 0 Å². The molecule has 0 radical (unpaired) electrons. The molecule has 0 aliphatic carbocycles. The van der Waals surface area contributed by atoms with E-state index in [1.165, 1.54) is 4.31 Å². The van der Waals surface area contributed by atoms with Gasteiger partial charge in [-0.2, -0.15) is 12.7 Å². The first-order chi connectivity index (χ1) is 11.0. The third-order valence-electron chi connectivity index (χ3n) is 3.73. The van der Waals surface area contributed by atoms with Crippen molar-refractivity contribution in [2.24, 2.45) is 0 Å². The maximum atomic E-state index is 12.3. The van der Waals surface area contributed by atoms with E-state index in [0.717, 1.165) is 25.1 Å². The number of rotatable bonds is 8. The van der Waals surface area contributed by atoms with Gasteiger partial charge in [0, 0.05) is 38.1 Å². The molecule has 2 N–H and O–H groups in total. The number of pyridine rings is 1. The van der Waals surface area contributed by atoms with E-state index < -0.39 is 10.2 Å². The standard InChI is InChI=1S/C15H26N4O3S/c1-13-12-22-14(2)11-19(13)23(20,21)18-8-4-7-17-10-15-5-3-6-16-9-15/h3,5-6,9,13-14,17-18H,4,7-8,10-12H2,1-2H3/t13-,14-/m0/s1. The summed E-state index contributed by atoms with van der Waals surface area (Å²) in [7, 11) is -3.44. The van der Waals surface area contributed by atoms with Gasteiger partial charge in [0.25, 0.3) is 10.2 Å². The fraction of sp³-hybridized carbons (Fsp3) is 0.667. The first kappa shape index (κ1) is 18.3. The molecule has 1 aliphatic rings. The minimum absolute atomic E-state index is 0.0658. The Labute approximate surface area is 138 Å². The second kappa shape index (κ2) is 8.70. The highest BCUT2D eigenvalue weighted by Gasteiger charge is 2.32. The number of hydrogen-bond acceptors (Lipinski definition) is 5. The summed E-state index contributed by atoms with van der Waals surface area (Å²) in [6.45, 7) is 6.48. The van der Waals surface area contributed by atoms with Gasteiger partial charge in [0.1, 0.15) is 0 Å². The molecule has 1 fully saturated rings. The Bertz CT molecular complexity index is 567. The van der Waals surface area contributed by atoms with Crippen LogP contribution in [0.5, 0.6) is 0 Å². The van der Waals surface area contributed by atoms with Crippen LogP contribution in [-0.4, -0.2) is 56.1 Å². The molecule has 23 heavy (non-hydrogen) atoms. The van der Waals surface area contributed by atoms with Gasteiger partial charge in [-0.15, -0.1) is 0 Å². The van der Waals surface area contributed by atoms with Crippen molar-refractivity contribution in [2.75, 3.05) is 26.2 Å². The summed E-state index contributed by atoms with van der Waals surface area (Å²) in [5.74, 6) is 0. The van der Waals surface area contributed by atoms with Gasteiger partial charge in [-0.25, -0.2) is 4.72 Å². The van der Waals surface area contributed by atoms with E-state index in [2.05, 4.69) is 15.0 Å². The van der Waals surface area contributed by atoms with Crippen LogP contribution in [0, 0.1) is 0 Å². The monoisotopic (exact) mass is 342 g/mol. The number of morpholine rings is 1. The van der Waals surface area contributed by atoms with Crippen LogP contribution in [-0.2, 0) is 21.5 Å². The van der Waals surface area contributed by atoms with E-state index >= 15 is 0 Å². The van der Waals surface area contributed by atoms with Gasteiger partial charge in [-0.3, -0.25) is 4.98 Å². The molecule has 1 aromatic heterocycles. The Balaban J connectivity index is 1.66. The second-order valence-electron chi connectivity index (χ2n) is 5.85. The summed E-state index contributed by atoms with van der Waals surface area (Å²) in [4.78, 5) is 4.05. The lowest BCUT2D eigenvalue weighted by atomic mass is 10.2. The average Bonchev–Trinajstić information content (AvgIpc) is 2.54. The number of nitrogens with zero attached hydrogens (tertiary/aromatic N) is 2. The number of aromatic nitrogens is 1. The molecule has 2 heterocycles. The third-order valence-corrected chi connectivity index (χ3v) is 5.42. The van der Waals surface area contributed by atoms with Crippen molar-refractivity contribution in [3.63, 3.8) is 0 Å². The zero-order valence-corrected chi connectivity index (χ0v) is 14.6. The molecule has 8 heteroatoms. The first-order valence-corrected chi connectivity index (χ1v) is 9.40. The van der Waals surface area contributed by atoms with Crippen molar-refractivity contribution < 1.29 is 13.2 Å². The first-order valence-electron chi connectivity index (χ1n) is 7.96. The van der Waals surface area contributed by atoms with Crippen LogP contribution in [0.15, 0.2) is 24.5 Å². The predicted octanol–water partition coefficient (Wildman–Crippen LogP) is 0.505. The molecule has 7 nitrogen and oxygen atoms in total. The molecular weight excluding hydrogens is 316 g/mol. The molecule has 1 saturated heterocycles. The maximum Gasteiger partial charge on any atom is 0.279 e. The van der Waals surface area contributed by atoms with Crippen molar-refractivity contribution >= 4 is 10.2 Å². The fourth-order valence-corrected chi connectivity index (χ4v) is 3.95. The zero-order chi connectivity index (χ0) is 16.7. The summed E-state index contributed by atoms with van der Waals surface area (Å²) in [5, 5.41) is 3.27. The molecule has 1 aromatic rings. The number of nitrogens with one attached hydrogen (secondary N) is 2. The normalized spacial score (nSPS) is 23.0. The van der Waals surface area contributed by atoms with Crippen LogP contribution in [0.4, 0.5) is 0 Å². The van der Waals surface area contributed by atoms with Gasteiger partial charge in [-0.1, -0.05) is 6.07 Å². The molecule has 0 amide bonds. The van der Waals surface area contributed by atoms with Gasteiger partial charge in [0.2, 0.25) is 0 Å². The Morgan fingerprint density at radius 3 is 2.96 bits per heavy atom. The largest absolute Gasteiger partial charge is 0.375 e. The van der Waals surface area contributed by atoms with Crippen molar-refractivity contribution in [2.45, 2.75) is 39.0 Å². The summed E-state index contributed by atoms with van der Waals surface area (Å²) in [5.41, 5.74) is 1.12. The maximum absolute atomic E-state index is 12.3. The van der Waals surface area contributed by atoms with Crippen LogP contribution in [0.25, 0.3) is 0 Å². The lowest BCUT2D eigenvalue weighted by molar-refractivity contribution is -0.0174. The predicted molar refractivity (Wildman–Crippen MR) is 89.1 cm³/mol. The van der Waals surface area contributed by atoms with E-state index in [4.69, 9.17) is 4.74 Å². The highest BCUT2D eigenvalue weighted by molar-refractivity contribution is 7.87. The molecule has 0 bridgehead atoms. The van der Waals surface area contributed by atoms with Crippen molar-refractivity contribution in [1.29, 1.82) is 0 Å². The molecule has 0 spiro atoms. The highest BCUT2D eigenvalue weighted by Crippen LogP contribution is 2.14. The fourth-order valence-electron chi connectivity index (χ4n) is 2.44. The minimum atomic E-state index is -3.44. The molecule has 130 valence electrons. The molecule has 0 unspecified atom stereocenters. The summed E-state index contributed by atoms with van der Waals surface area (Å²) in [6, 6.07) is 3.77. The van der Waals surface area contributed by atoms with Gasteiger partial charge < -0.3 is 10.1 Å². The Hall–Kier alpha value is -1.06. The van der Waals surface area contributed by atoms with Gasteiger partial charge >= 0.3 is 0 Å². The number of ether oxygens (including phenoxy) is 1. The quantitative estimate of drug-likeness (QED) is 0.673. The third kappa shape index (κ3) is 5.82. The van der Waals surface area contributed by atoms with Gasteiger partial charge in [-0.05, 0) is 38.4 Å². The van der Waals surface area contributed by atoms with E-state index in [-0.39, 0.29) is 12.1 Å². The molecule has 2 rings (SSSR count). The minimum Gasteiger partial charge on any atom is -0.375 e. The molecule has 0 aromatic carbocycles. The second-order valence-corrected chi connectivity index (χ2v) is 7.56. The SMILES string of the molecule is C[C@H]1CN(S(=O)(=O)NCCCNCc2cccnc2)[C@@H](C)CO1. The summed E-state index contributed by atoms with van der Waals surface area (Å²) < 4.78 is 34.3. The Morgan fingerprint density at radius 2 is 2.22 bits per heavy atom. The van der Waals surface area contributed by atoms with E-state index in [1.807, 2.05) is 32.2 Å². The Morgan fingerprint density at radius 1 is 1.39 bits per heavy atom. The van der Waals surface area contributed by atoms with Crippen LogP contribution < -0.4 is 10.0 Å². The smallest absolute Gasteiger partial charge is 0.279 e. The molecular formula is C15H26N4O3S. The summed E-state index contributed by atoms with van der Waals surface area (Å²) in [6.07, 6.45) is 4.22. The molecule has 1 aliphatic heterocycles. The van der Waals surface area contributed by atoms with Gasteiger partial charge in [0.15, 0.2) is 0 Å². The van der Waals surface area contributed by atoms with Crippen LogP contribution in [0.2, 0.25) is 0 Å². The number of hydrogen-bond donors (Lipinski definition) is 2. The van der Waals surface area contributed by atoms with Crippen LogP contribution in [0.3, 0.4) is 0 Å². The lowest BCUT2D eigenvalue weighted by Crippen LogP contribution is -2.54. The van der Waals surface area contributed by atoms with Crippen molar-refractivity contribution in [3.05, 3.63) is 30.1 Å². The lowest BCUT2D eigenvalue weighted by Gasteiger charge is -2.35. The van der Waals surface area contributed by atoms with Crippen LogP contribution in [0.1, 0.15) is 25.8 Å². The topological polar surface area (TPSA) is 83.6 Å². The van der Waals surface area contributed by atoms with Crippen molar-refractivity contribution in [1.82, 2.24) is 19.3 Å².